The number of amides is 1. The lowest BCUT2D eigenvalue weighted by Crippen LogP contribution is -2.32. The molecule has 1 amide bonds. The quantitative estimate of drug-likeness (QED) is 0.0963. The van der Waals surface area contributed by atoms with E-state index in [0.717, 1.165) is 12.8 Å². The number of phenolic OH excluding ortho intramolecular Hbond substituents is 2. The van der Waals surface area contributed by atoms with Gasteiger partial charge in [0, 0.05) is 60.4 Å². The van der Waals surface area contributed by atoms with E-state index in [2.05, 4.69) is 30.6 Å². The minimum atomic E-state index is -1.31. The van der Waals surface area contributed by atoms with E-state index in [4.69, 9.17) is 15.2 Å². The van der Waals surface area contributed by atoms with E-state index < -0.39 is 11.6 Å². The maximum Gasteiger partial charge on any atom is 0.342 e. The van der Waals surface area contributed by atoms with Crippen molar-refractivity contribution >= 4 is 34.5 Å². The Kier molecular flexibility index (Phi) is 7.27. The van der Waals surface area contributed by atoms with Gasteiger partial charge in [-0.15, -0.1) is 0 Å². The number of rotatable bonds is 10. The van der Waals surface area contributed by atoms with Crippen molar-refractivity contribution in [2.24, 2.45) is 0 Å². The van der Waals surface area contributed by atoms with Gasteiger partial charge in [0.1, 0.15) is 34.3 Å². The van der Waals surface area contributed by atoms with Crippen molar-refractivity contribution in [3.63, 3.8) is 0 Å². The SMILES string of the molecule is Nc1nc(CCNC(=O)CCCCCNc2cccc3c2C(=O)OC32c3ccc(O)cc3Oc3cc(O)ccc32)nc2nc[nH]c12. The Labute approximate surface area is 262 Å². The van der Waals surface area contributed by atoms with Gasteiger partial charge in [0.15, 0.2) is 17.1 Å². The molecule has 7 N–H and O–H groups in total. The molecule has 1 spiro atoms. The molecule has 0 atom stereocenters. The highest BCUT2D eigenvalue weighted by Gasteiger charge is 2.54. The molecule has 2 aliphatic heterocycles. The molecule has 13 nitrogen and oxygen atoms in total. The number of aromatic hydroxyl groups is 2. The molecule has 0 fully saturated rings. The lowest BCUT2D eigenvalue weighted by Gasteiger charge is -2.36. The number of aromatic nitrogens is 4. The Morgan fingerprint density at radius 2 is 1.70 bits per heavy atom. The van der Waals surface area contributed by atoms with E-state index in [1.807, 2.05) is 18.2 Å². The molecule has 13 heteroatoms. The summed E-state index contributed by atoms with van der Waals surface area (Å²) in [4.78, 5) is 41.5. The molecular formula is C33H31N7O6. The van der Waals surface area contributed by atoms with Gasteiger partial charge < -0.3 is 41.0 Å². The molecule has 7 rings (SSSR count). The fourth-order valence-electron chi connectivity index (χ4n) is 6.12. The second-order valence-electron chi connectivity index (χ2n) is 11.2. The Morgan fingerprint density at radius 3 is 2.46 bits per heavy atom. The predicted octanol–water partition coefficient (Wildman–Crippen LogP) is 4.25. The van der Waals surface area contributed by atoms with Crippen molar-refractivity contribution in [1.29, 1.82) is 0 Å². The normalized spacial score (nSPS) is 13.9. The zero-order chi connectivity index (χ0) is 31.8. The molecular weight excluding hydrogens is 590 g/mol. The van der Waals surface area contributed by atoms with Gasteiger partial charge in [-0.2, -0.15) is 0 Å². The fourth-order valence-corrected chi connectivity index (χ4v) is 6.12. The molecule has 0 bridgehead atoms. The number of benzene rings is 3. The van der Waals surface area contributed by atoms with Crippen LogP contribution in [-0.2, 0) is 21.6 Å². The van der Waals surface area contributed by atoms with Crippen LogP contribution < -0.4 is 21.1 Å². The number of nitrogens with two attached hydrogens (primary N) is 1. The molecule has 4 heterocycles. The number of aromatic amines is 1. The molecule has 2 aromatic heterocycles. The van der Waals surface area contributed by atoms with Gasteiger partial charge in [-0.3, -0.25) is 4.79 Å². The first-order valence-electron chi connectivity index (χ1n) is 15.0. The fraction of sp³-hybridized carbons (Fsp3) is 0.242. The standard InChI is InChI=1S/C33H31N7O6/c34-30-29-31(38-17-37-29)40-26(39-30)12-14-36-27(43)7-2-1-3-13-35-23-6-4-5-22-28(23)32(44)46-33(22)20-10-8-18(41)15-24(20)45-25-16-19(42)9-11-21(25)33/h4-6,8-11,15-17,35,41-42H,1-3,7,12-14H2,(H,36,43)(H3,34,37,38,39,40). The van der Waals surface area contributed by atoms with Crippen molar-refractivity contribution in [1.82, 2.24) is 25.3 Å². The third kappa shape index (κ3) is 5.05. The van der Waals surface area contributed by atoms with Crippen LogP contribution in [0.2, 0.25) is 0 Å². The highest BCUT2D eigenvalue weighted by Crippen LogP contribution is 2.57. The summed E-state index contributed by atoms with van der Waals surface area (Å²) in [5.74, 6) is 0.966. The van der Waals surface area contributed by atoms with Gasteiger partial charge in [-0.25, -0.2) is 19.7 Å². The van der Waals surface area contributed by atoms with Crippen molar-refractivity contribution in [3.8, 4) is 23.0 Å². The lowest BCUT2D eigenvalue weighted by molar-refractivity contribution is -0.121. The first-order valence-corrected chi connectivity index (χ1v) is 15.0. The summed E-state index contributed by atoms with van der Waals surface area (Å²) in [5.41, 5.74) is 8.55. The van der Waals surface area contributed by atoms with Crippen LogP contribution in [0.4, 0.5) is 11.5 Å². The molecule has 5 aromatic rings. The largest absolute Gasteiger partial charge is 0.508 e. The number of unbranched alkanes of at least 4 members (excludes halogenated alkanes) is 2. The third-order valence-corrected chi connectivity index (χ3v) is 8.23. The number of hydrogen-bond acceptors (Lipinski definition) is 11. The summed E-state index contributed by atoms with van der Waals surface area (Å²) in [5, 5.41) is 26.5. The van der Waals surface area contributed by atoms with Crippen molar-refractivity contribution in [2.45, 2.75) is 37.7 Å². The van der Waals surface area contributed by atoms with Crippen LogP contribution in [-0.4, -0.2) is 55.1 Å². The number of carbonyl (C=O) groups excluding carboxylic acids is 2. The molecule has 2 aliphatic rings. The maximum atomic E-state index is 13.5. The third-order valence-electron chi connectivity index (χ3n) is 8.23. The molecule has 0 saturated carbocycles. The molecule has 234 valence electrons. The Morgan fingerprint density at radius 1 is 0.935 bits per heavy atom. The molecule has 46 heavy (non-hydrogen) atoms. The van der Waals surface area contributed by atoms with E-state index in [0.29, 0.717) is 94.6 Å². The summed E-state index contributed by atoms with van der Waals surface area (Å²) >= 11 is 0. The monoisotopic (exact) mass is 621 g/mol. The van der Waals surface area contributed by atoms with Crippen LogP contribution in [0.5, 0.6) is 23.0 Å². The van der Waals surface area contributed by atoms with Gasteiger partial charge >= 0.3 is 5.97 Å². The van der Waals surface area contributed by atoms with Crippen LogP contribution >= 0.6 is 0 Å². The van der Waals surface area contributed by atoms with Gasteiger partial charge in [-0.05, 0) is 43.2 Å². The number of carbonyl (C=O) groups is 2. The van der Waals surface area contributed by atoms with Crippen LogP contribution in [0, 0.1) is 0 Å². The number of fused-ring (bicyclic) bond motifs is 7. The molecule has 0 radical (unpaired) electrons. The summed E-state index contributed by atoms with van der Waals surface area (Å²) < 4.78 is 12.2. The summed E-state index contributed by atoms with van der Waals surface area (Å²) in [6.45, 7) is 0.987. The highest BCUT2D eigenvalue weighted by atomic mass is 16.6. The van der Waals surface area contributed by atoms with Gasteiger partial charge in [0.05, 0.1) is 11.9 Å². The highest BCUT2D eigenvalue weighted by molar-refractivity contribution is 6.02. The topological polar surface area (TPSA) is 198 Å². The number of imidazole rings is 1. The maximum absolute atomic E-state index is 13.5. The van der Waals surface area contributed by atoms with E-state index >= 15 is 0 Å². The minimum Gasteiger partial charge on any atom is -0.508 e. The second kappa shape index (κ2) is 11.6. The van der Waals surface area contributed by atoms with Crippen molar-refractivity contribution < 1.29 is 29.3 Å². The van der Waals surface area contributed by atoms with E-state index in [1.165, 1.54) is 30.6 Å². The summed E-state index contributed by atoms with van der Waals surface area (Å²) in [6.07, 6.45) is 4.66. The first kappa shape index (κ1) is 28.9. The first-order chi connectivity index (χ1) is 22.3. The number of nitrogen functional groups attached to an aromatic ring is 1. The Bertz CT molecular complexity index is 1940. The number of esters is 1. The predicted molar refractivity (Wildman–Crippen MR) is 168 cm³/mol. The van der Waals surface area contributed by atoms with Crippen molar-refractivity contribution in [3.05, 3.63) is 89.0 Å². The Hall–Kier alpha value is -5.85. The molecule has 3 aromatic carbocycles. The number of ether oxygens (including phenoxy) is 2. The van der Waals surface area contributed by atoms with E-state index in [1.54, 1.807) is 12.1 Å². The zero-order valence-electron chi connectivity index (χ0n) is 24.7. The van der Waals surface area contributed by atoms with Crippen LogP contribution in [0.25, 0.3) is 11.2 Å². The summed E-state index contributed by atoms with van der Waals surface area (Å²) in [6, 6.07) is 14.9. The molecule has 0 unspecified atom stereocenters. The lowest BCUT2D eigenvalue weighted by atomic mass is 9.77. The average Bonchev–Trinajstić information content (AvgIpc) is 3.62. The molecule has 0 aliphatic carbocycles. The van der Waals surface area contributed by atoms with Gasteiger partial charge in [-0.1, -0.05) is 18.6 Å². The van der Waals surface area contributed by atoms with Crippen LogP contribution in [0.3, 0.4) is 0 Å². The Balaban J connectivity index is 0.962. The van der Waals surface area contributed by atoms with E-state index in [9.17, 15) is 19.8 Å². The molecule has 0 saturated heterocycles. The van der Waals surface area contributed by atoms with Gasteiger partial charge in [0.2, 0.25) is 5.91 Å². The van der Waals surface area contributed by atoms with Crippen LogP contribution in [0.1, 0.15) is 58.6 Å². The number of nitrogens with zero attached hydrogens (tertiary/aromatic N) is 3. The number of phenols is 2. The minimum absolute atomic E-state index is 0.00135. The van der Waals surface area contributed by atoms with Gasteiger partial charge in [0.25, 0.3) is 0 Å². The summed E-state index contributed by atoms with van der Waals surface area (Å²) in [7, 11) is 0. The number of H-pyrrole nitrogens is 1. The van der Waals surface area contributed by atoms with Crippen LogP contribution in [0.15, 0.2) is 60.9 Å². The zero-order valence-corrected chi connectivity index (χ0v) is 24.7. The number of nitrogens with one attached hydrogen (secondary N) is 3. The number of hydrogen-bond donors (Lipinski definition) is 6. The number of anilines is 2. The van der Waals surface area contributed by atoms with Crippen molar-refractivity contribution in [2.75, 3.05) is 24.1 Å². The van der Waals surface area contributed by atoms with E-state index in [-0.39, 0.29) is 17.4 Å². The average molecular weight is 622 g/mol. The smallest absolute Gasteiger partial charge is 0.342 e. The second-order valence-corrected chi connectivity index (χ2v) is 11.2.